The lowest BCUT2D eigenvalue weighted by atomic mass is 9.90. The molecule has 0 atom stereocenters. The summed E-state index contributed by atoms with van der Waals surface area (Å²) in [7, 11) is 0. The molecule has 0 heterocycles. The van der Waals surface area contributed by atoms with E-state index >= 15 is 0 Å². The zero-order chi connectivity index (χ0) is 27.5. The molecule has 39 heavy (non-hydrogen) atoms. The van der Waals surface area contributed by atoms with Crippen LogP contribution >= 0.6 is 35.5 Å². The van der Waals surface area contributed by atoms with E-state index < -0.39 is 9.85 Å². The maximum Gasteiger partial charge on any atom is 0.269 e. The summed E-state index contributed by atoms with van der Waals surface area (Å²) in [5.74, 6) is 1.16. The van der Waals surface area contributed by atoms with Crippen molar-refractivity contribution in [1.82, 2.24) is 0 Å². The van der Waals surface area contributed by atoms with Crippen molar-refractivity contribution in [3.63, 3.8) is 0 Å². The Morgan fingerprint density at radius 3 is 1.85 bits per heavy atom. The number of nitro benzene ring substituents is 2. The monoisotopic (exact) mass is 583 g/mol. The van der Waals surface area contributed by atoms with Gasteiger partial charge in [-0.1, -0.05) is 37.5 Å². The van der Waals surface area contributed by atoms with E-state index in [4.69, 9.17) is 9.13 Å². The van der Waals surface area contributed by atoms with Crippen molar-refractivity contribution in [3.8, 4) is 0 Å². The first kappa shape index (κ1) is 29.0. The molecule has 0 N–H and O–H groups in total. The third-order valence-electron chi connectivity index (χ3n) is 6.18. The molecule has 1 aliphatic rings. The van der Waals surface area contributed by atoms with Crippen LogP contribution in [0.15, 0.2) is 97.9 Å². The van der Waals surface area contributed by atoms with E-state index in [1.165, 1.54) is 55.5 Å². The first-order valence-electron chi connectivity index (χ1n) is 12.7. The largest absolute Gasteiger partial charge is 0.480 e. The molecule has 0 spiro atoms. The van der Waals surface area contributed by atoms with Gasteiger partial charge in [-0.05, 0) is 55.2 Å². The van der Waals surface area contributed by atoms with Crippen molar-refractivity contribution in [2.45, 2.75) is 57.8 Å². The number of thioether (sulfide) groups is 2. The van der Waals surface area contributed by atoms with Gasteiger partial charge in [0.1, 0.15) is 0 Å². The predicted molar refractivity (Wildman–Crippen MR) is 159 cm³/mol. The van der Waals surface area contributed by atoms with E-state index in [9.17, 15) is 20.2 Å². The fraction of sp³-hybridized carbons (Fsp3) is 0.321. The van der Waals surface area contributed by atoms with Crippen LogP contribution in [0.1, 0.15) is 38.5 Å². The van der Waals surface area contributed by atoms with Gasteiger partial charge >= 0.3 is 0 Å². The minimum atomic E-state index is -0.414. The summed E-state index contributed by atoms with van der Waals surface area (Å²) in [6.45, 7) is 0.630. The molecule has 3 aromatic rings. The van der Waals surface area contributed by atoms with Gasteiger partial charge in [0.25, 0.3) is 11.4 Å². The summed E-state index contributed by atoms with van der Waals surface area (Å²) < 4.78 is 11.0. The minimum Gasteiger partial charge on any atom is -0.480 e. The molecule has 3 aromatic carbocycles. The summed E-state index contributed by atoms with van der Waals surface area (Å²) in [6, 6.07) is 22.9. The van der Waals surface area contributed by atoms with Crippen LogP contribution < -0.4 is 0 Å². The molecule has 0 amide bonds. The van der Waals surface area contributed by atoms with E-state index in [2.05, 4.69) is 0 Å². The lowest BCUT2D eigenvalue weighted by Gasteiger charge is -2.23. The number of hydrogen-bond acceptors (Lipinski definition) is 9. The zero-order valence-corrected chi connectivity index (χ0v) is 23.7. The van der Waals surface area contributed by atoms with E-state index in [0.717, 1.165) is 27.5 Å². The quantitative estimate of drug-likeness (QED) is 0.0396. The van der Waals surface area contributed by atoms with Crippen molar-refractivity contribution in [3.05, 3.63) is 99.1 Å². The molecule has 4 rings (SSSR count). The summed E-state index contributed by atoms with van der Waals surface area (Å²) in [5, 5.41) is 22.2. The molecular weight excluding hydrogens is 555 g/mol. The predicted octanol–water partition coefficient (Wildman–Crippen LogP) is 8.81. The Bertz CT molecular complexity index is 1190. The summed E-state index contributed by atoms with van der Waals surface area (Å²) in [5.41, 5.74) is 0.0764. The fourth-order valence-corrected chi connectivity index (χ4v) is 7.24. The van der Waals surface area contributed by atoms with Crippen LogP contribution in [0.25, 0.3) is 0 Å². The Labute approximate surface area is 240 Å². The third kappa shape index (κ3) is 9.59. The van der Waals surface area contributed by atoms with Gasteiger partial charge in [0.05, 0.1) is 21.0 Å². The lowest BCUT2D eigenvalue weighted by Crippen LogP contribution is -2.18. The Kier molecular flexibility index (Phi) is 11.1. The number of non-ortho nitro benzene ring substituents is 2. The van der Waals surface area contributed by atoms with Gasteiger partial charge in [-0.25, -0.2) is 0 Å². The van der Waals surface area contributed by atoms with Crippen LogP contribution in [0.4, 0.5) is 11.4 Å². The van der Waals surface area contributed by atoms with E-state index in [1.54, 1.807) is 47.8 Å². The number of ether oxygens (including phenoxy) is 1. The van der Waals surface area contributed by atoms with Crippen molar-refractivity contribution in [2.24, 2.45) is 10.3 Å². The van der Waals surface area contributed by atoms with Crippen LogP contribution in [-0.2, 0) is 4.74 Å². The van der Waals surface area contributed by atoms with Crippen LogP contribution in [0.5, 0.6) is 0 Å². The second kappa shape index (κ2) is 14.9. The van der Waals surface area contributed by atoms with Crippen LogP contribution in [-0.4, -0.2) is 26.9 Å². The minimum absolute atomic E-state index is 0.0382. The van der Waals surface area contributed by atoms with Crippen LogP contribution in [0.2, 0.25) is 0 Å². The smallest absolute Gasteiger partial charge is 0.269 e. The zero-order valence-electron chi connectivity index (χ0n) is 21.2. The van der Waals surface area contributed by atoms with Crippen molar-refractivity contribution in [1.29, 1.82) is 0 Å². The maximum atomic E-state index is 11.1. The Hall–Kier alpha value is -3.02. The standard InChI is InChI=1S/C28H29N3O5S3/c32-30(33)22-11-15-24(16-12-22)37-28(38-25-17-13-23(14-18-25)31(34)35)19-27(29-39-26-9-5-2-6-10-26)36-20-21-7-3-1-4-8-21/h2,5-6,9-18,21,28H,1,3-4,7-8,19-20H2/b29-27-. The first-order valence-corrected chi connectivity index (χ1v) is 15.2. The van der Waals surface area contributed by atoms with Gasteiger partial charge in [0.15, 0.2) is 5.90 Å². The number of rotatable bonds is 12. The molecule has 204 valence electrons. The van der Waals surface area contributed by atoms with Gasteiger partial charge in [-0.2, -0.15) is 4.40 Å². The fourth-order valence-electron chi connectivity index (χ4n) is 4.12. The molecule has 0 aliphatic heterocycles. The van der Waals surface area contributed by atoms with Gasteiger partial charge < -0.3 is 4.74 Å². The number of benzene rings is 3. The molecule has 1 saturated carbocycles. The summed E-state index contributed by atoms with van der Waals surface area (Å²) in [6.07, 6.45) is 6.58. The highest BCUT2D eigenvalue weighted by Crippen LogP contribution is 2.39. The number of nitrogens with zero attached hydrogens (tertiary/aromatic N) is 3. The second-order valence-electron chi connectivity index (χ2n) is 9.08. The van der Waals surface area contributed by atoms with Gasteiger partial charge in [0.2, 0.25) is 0 Å². The van der Waals surface area contributed by atoms with E-state index in [1.807, 2.05) is 30.3 Å². The van der Waals surface area contributed by atoms with E-state index in [0.29, 0.717) is 24.8 Å². The maximum absolute atomic E-state index is 11.1. The molecule has 1 fully saturated rings. The highest BCUT2D eigenvalue weighted by Gasteiger charge is 2.21. The topological polar surface area (TPSA) is 108 Å². The van der Waals surface area contributed by atoms with Crippen molar-refractivity contribution in [2.75, 3.05) is 6.61 Å². The average Bonchev–Trinajstić information content (AvgIpc) is 2.96. The SMILES string of the molecule is O=[N+]([O-])c1ccc(SC(C/C(=N/Sc2ccccc2)OCC2CCCCC2)Sc2ccc([N+](=O)[O-])cc2)cc1. The summed E-state index contributed by atoms with van der Waals surface area (Å²) >= 11 is 4.50. The normalized spacial score (nSPS) is 14.3. The van der Waals surface area contributed by atoms with Crippen LogP contribution in [0, 0.1) is 26.1 Å². The molecule has 0 radical (unpaired) electrons. The lowest BCUT2D eigenvalue weighted by molar-refractivity contribution is -0.385. The average molecular weight is 584 g/mol. The summed E-state index contributed by atoms with van der Waals surface area (Å²) in [4.78, 5) is 24.1. The van der Waals surface area contributed by atoms with Gasteiger partial charge in [0, 0.05) is 57.3 Å². The number of nitro groups is 2. The molecule has 0 bridgehead atoms. The van der Waals surface area contributed by atoms with Gasteiger partial charge in [-0.3, -0.25) is 20.2 Å². The molecule has 8 nitrogen and oxygen atoms in total. The van der Waals surface area contributed by atoms with Crippen LogP contribution in [0.3, 0.4) is 0 Å². The van der Waals surface area contributed by atoms with Crippen molar-refractivity contribution < 1.29 is 14.6 Å². The highest BCUT2D eigenvalue weighted by atomic mass is 32.2. The molecule has 1 aliphatic carbocycles. The molecule has 0 aromatic heterocycles. The number of hydrogen-bond donors (Lipinski definition) is 0. The Morgan fingerprint density at radius 1 is 0.795 bits per heavy atom. The van der Waals surface area contributed by atoms with E-state index in [-0.39, 0.29) is 16.0 Å². The first-order chi connectivity index (χ1) is 19.0. The van der Waals surface area contributed by atoms with Crippen molar-refractivity contribution >= 4 is 52.7 Å². The third-order valence-corrected chi connectivity index (χ3v) is 9.48. The molecular formula is C28H29N3O5S3. The van der Waals surface area contributed by atoms with Gasteiger partial charge in [-0.15, -0.1) is 23.5 Å². The molecule has 0 unspecified atom stereocenters. The Morgan fingerprint density at radius 2 is 1.33 bits per heavy atom. The highest BCUT2D eigenvalue weighted by molar-refractivity contribution is 8.17. The Balaban J connectivity index is 1.54. The molecule has 0 saturated heterocycles. The molecule has 11 heteroatoms. The second-order valence-corrected chi connectivity index (χ2v) is 12.8.